The van der Waals surface area contributed by atoms with E-state index >= 15 is 0 Å². The second kappa shape index (κ2) is 9.91. The predicted octanol–water partition coefficient (Wildman–Crippen LogP) is 6.79. The van der Waals surface area contributed by atoms with E-state index < -0.39 is 11.4 Å². The Hall–Kier alpha value is -5.08. The number of para-hydroxylation sites is 1. The first-order valence-electron chi connectivity index (χ1n) is 12.3. The van der Waals surface area contributed by atoms with Gasteiger partial charge in [-0.15, -0.1) is 0 Å². The zero-order valence-electron chi connectivity index (χ0n) is 21.1. The molecule has 0 bridgehead atoms. The summed E-state index contributed by atoms with van der Waals surface area (Å²) in [5.41, 5.74) is 3.15. The lowest BCUT2D eigenvalue weighted by atomic mass is 9.90. The van der Waals surface area contributed by atoms with Crippen molar-refractivity contribution in [2.45, 2.75) is 6.54 Å². The summed E-state index contributed by atoms with van der Waals surface area (Å²) in [4.78, 5) is 29.2. The van der Waals surface area contributed by atoms with Gasteiger partial charge in [-0.1, -0.05) is 41.9 Å². The van der Waals surface area contributed by atoms with Crippen molar-refractivity contribution in [3.05, 3.63) is 105 Å². The van der Waals surface area contributed by atoms with Crippen molar-refractivity contribution in [1.29, 1.82) is 0 Å². The monoisotopic (exact) mass is 552 g/mol. The Balaban J connectivity index is 1.59. The summed E-state index contributed by atoms with van der Waals surface area (Å²) in [6.45, 7) is 0.133. The largest absolute Gasteiger partial charge is 0.507 e. The fourth-order valence-corrected chi connectivity index (χ4v) is 5.08. The van der Waals surface area contributed by atoms with Gasteiger partial charge in [0.25, 0.3) is 0 Å². The highest BCUT2D eigenvalue weighted by atomic mass is 35.5. The normalized spacial score (nSPS) is 11.2. The number of aromatic hydroxyl groups is 1. The fourth-order valence-electron chi connectivity index (χ4n) is 4.92. The molecule has 9 heteroatoms. The Labute approximate surface area is 232 Å². The molecule has 0 spiro atoms. The number of hydrogen-bond donors (Lipinski definition) is 3. The molecule has 2 aliphatic rings. The molecule has 0 saturated heterocycles. The van der Waals surface area contributed by atoms with Crippen molar-refractivity contribution in [3.63, 3.8) is 0 Å². The average molecular weight is 553 g/mol. The molecule has 0 fully saturated rings. The fraction of sp³-hybridized carbons (Fsp3) is 0.0645. The second-order valence-corrected chi connectivity index (χ2v) is 9.54. The number of carboxylic acid groups (broad SMARTS) is 1. The number of fused-ring (bicyclic) bond motifs is 3. The van der Waals surface area contributed by atoms with Gasteiger partial charge < -0.3 is 24.7 Å². The first kappa shape index (κ1) is 25.2. The minimum absolute atomic E-state index is 0.0179. The van der Waals surface area contributed by atoms with Crippen molar-refractivity contribution in [1.82, 2.24) is 4.98 Å². The van der Waals surface area contributed by atoms with Crippen LogP contribution in [0.2, 0.25) is 5.02 Å². The highest BCUT2D eigenvalue weighted by molar-refractivity contribution is 6.31. The molecule has 0 amide bonds. The minimum Gasteiger partial charge on any atom is -0.507 e. The van der Waals surface area contributed by atoms with Crippen molar-refractivity contribution in [2.75, 3.05) is 12.4 Å². The standard InChI is InChI=1S/C31H21ClN2O6/c1-39-27-12-9-16-5-4-8-23(29(16)34-27)33-15-21-24(35)11-10-19-28(17-6-2-3-7-18(17)31(37)38)20-13-22(32)25(36)14-26(20)40-30(19)21/h2-14,33,35H,15H2,1H3,(H,37,38). The lowest BCUT2D eigenvalue weighted by molar-refractivity contribution is 0.0697. The lowest BCUT2D eigenvalue weighted by Crippen LogP contribution is -2.06. The number of carbonyl (C=O) groups is 1. The van der Waals surface area contributed by atoms with Gasteiger partial charge in [-0.25, -0.2) is 9.78 Å². The van der Waals surface area contributed by atoms with E-state index in [1.54, 1.807) is 37.4 Å². The number of hydrogen-bond acceptors (Lipinski definition) is 7. The van der Waals surface area contributed by atoms with E-state index in [9.17, 15) is 19.8 Å². The summed E-state index contributed by atoms with van der Waals surface area (Å²) in [6.07, 6.45) is 0. The lowest BCUT2D eigenvalue weighted by Gasteiger charge is -2.19. The smallest absolute Gasteiger partial charge is 0.336 e. The number of anilines is 1. The second-order valence-electron chi connectivity index (χ2n) is 9.13. The number of benzene rings is 4. The van der Waals surface area contributed by atoms with E-state index in [-0.39, 0.29) is 28.6 Å². The van der Waals surface area contributed by atoms with Gasteiger partial charge in [-0.2, -0.15) is 0 Å². The number of pyridine rings is 1. The van der Waals surface area contributed by atoms with Crippen molar-refractivity contribution < 1.29 is 24.2 Å². The number of ether oxygens (including phenoxy) is 1. The van der Waals surface area contributed by atoms with Gasteiger partial charge in [-0.3, -0.25) is 4.79 Å². The molecule has 1 aliphatic carbocycles. The van der Waals surface area contributed by atoms with Gasteiger partial charge in [0.15, 0.2) is 0 Å². The Kier molecular flexibility index (Phi) is 6.24. The molecule has 0 saturated carbocycles. The Morgan fingerprint density at radius 3 is 2.65 bits per heavy atom. The third-order valence-corrected chi connectivity index (χ3v) is 7.10. The zero-order valence-corrected chi connectivity index (χ0v) is 21.8. The van der Waals surface area contributed by atoms with Crippen LogP contribution >= 0.6 is 11.6 Å². The molecular formula is C31H21ClN2O6. The van der Waals surface area contributed by atoms with E-state index in [0.29, 0.717) is 50.3 Å². The first-order chi connectivity index (χ1) is 19.4. The van der Waals surface area contributed by atoms with Crippen LogP contribution in [0.25, 0.3) is 44.3 Å². The van der Waals surface area contributed by atoms with Gasteiger partial charge in [0.1, 0.15) is 17.1 Å². The van der Waals surface area contributed by atoms with Gasteiger partial charge in [0, 0.05) is 40.6 Å². The van der Waals surface area contributed by atoms with E-state index in [2.05, 4.69) is 10.3 Å². The molecule has 1 aromatic heterocycles. The van der Waals surface area contributed by atoms with Crippen molar-refractivity contribution in [2.24, 2.45) is 0 Å². The highest BCUT2D eigenvalue weighted by Gasteiger charge is 2.24. The maximum absolute atomic E-state index is 12.5. The molecule has 0 radical (unpaired) electrons. The number of methoxy groups -OCH3 is 1. The molecule has 1 aliphatic heterocycles. The van der Waals surface area contributed by atoms with Gasteiger partial charge in [0.05, 0.1) is 34.5 Å². The number of halogens is 1. The summed E-state index contributed by atoms with van der Waals surface area (Å²) in [5.74, 6) is -0.475. The van der Waals surface area contributed by atoms with Gasteiger partial charge in [-0.05, 0) is 42.0 Å². The topological polar surface area (TPSA) is 122 Å². The van der Waals surface area contributed by atoms with Crippen LogP contribution in [-0.4, -0.2) is 28.3 Å². The van der Waals surface area contributed by atoms with Gasteiger partial charge >= 0.3 is 5.97 Å². The molecular weight excluding hydrogens is 532 g/mol. The summed E-state index contributed by atoms with van der Waals surface area (Å²) in [6, 6.07) is 21.9. The third kappa shape index (κ3) is 4.24. The highest BCUT2D eigenvalue weighted by Crippen LogP contribution is 2.44. The van der Waals surface area contributed by atoms with Crippen LogP contribution in [0.3, 0.4) is 0 Å². The quantitative estimate of drug-likeness (QED) is 0.193. The van der Waals surface area contributed by atoms with Gasteiger partial charge in [0.2, 0.25) is 11.3 Å². The summed E-state index contributed by atoms with van der Waals surface area (Å²) < 4.78 is 11.5. The van der Waals surface area contributed by atoms with E-state index in [1.165, 1.54) is 24.3 Å². The van der Waals surface area contributed by atoms with Crippen molar-refractivity contribution >= 4 is 45.1 Å². The number of nitrogens with one attached hydrogen (secondary N) is 1. The third-order valence-electron chi connectivity index (χ3n) is 6.81. The van der Waals surface area contributed by atoms with Crippen LogP contribution in [0.5, 0.6) is 11.6 Å². The number of phenols is 1. The van der Waals surface area contributed by atoms with E-state index in [1.807, 2.05) is 24.3 Å². The first-order valence-corrected chi connectivity index (χ1v) is 12.6. The summed E-state index contributed by atoms with van der Waals surface area (Å²) in [5, 5.41) is 25.6. The van der Waals surface area contributed by atoms with E-state index in [0.717, 1.165) is 5.39 Å². The number of aromatic carboxylic acids is 1. The van der Waals surface area contributed by atoms with Crippen LogP contribution in [0.4, 0.5) is 5.69 Å². The predicted molar refractivity (Wildman–Crippen MR) is 154 cm³/mol. The molecule has 198 valence electrons. The van der Waals surface area contributed by atoms with Crippen LogP contribution in [0.1, 0.15) is 15.9 Å². The molecule has 8 nitrogen and oxygen atoms in total. The Morgan fingerprint density at radius 2 is 1.85 bits per heavy atom. The van der Waals surface area contributed by atoms with Crippen LogP contribution in [0, 0.1) is 0 Å². The number of nitrogens with zero attached hydrogens (tertiary/aromatic N) is 1. The average Bonchev–Trinajstić information content (AvgIpc) is 2.96. The summed E-state index contributed by atoms with van der Waals surface area (Å²) >= 11 is 6.21. The van der Waals surface area contributed by atoms with Crippen LogP contribution in [-0.2, 0) is 6.54 Å². The maximum Gasteiger partial charge on any atom is 0.336 e. The van der Waals surface area contributed by atoms with E-state index in [4.69, 9.17) is 20.8 Å². The molecule has 3 N–H and O–H groups in total. The minimum atomic E-state index is -1.11. The number of aromatic nitrogens is 1. The number of phenolic OH excluding ortho intramolecular Hbond substituents is 1. The molecule has 2 heterocycles. The van der Waals surface area contributed by atoms with Crippen LogP contribution in [0.15, 0.2) is 88.1 Å². The number of carboxylic acids is 1. The molecule has 3 aromatic carbocycles. The Bertz CT molecular complexity index is 1980. The van der Waals surface area contributed by atoms with Crippen molar-refractivity contribution in [3.8, 4) is 34.1 Å². The summed E-state index contributed by atoms with van der Waals surface area (Å²) in [7, 11) is 1.55. The zero-order chi connectivity index (χ0) is 28.0. The van der Waals surface area contributed by atoms with Crippen LogP contribution < -0.4 is 15.5 Å². The molecule has 4 aromatic rings. The maximum atomic E-state index is 12.5. The molecule has 6 rings (SSSR count). The molecule has 0 atom stereocenters. The number of rotatable bonds is 6. The molecule has 40 heavy (non-hydrogen) atoms. The SMILES string of the molecule is COc1ccc2cccc(NCc3c(O)ccc4c(-c5ccccc5C(=O)O)c5cc(Cl)c(=O)cc-5oc34)c2n1. The Morgan fingerprint density at radius 1 is 1.02 bits per heavy atom. The molecule has 0 unspecified atom stereocenters.